The molecule has 0 saturated carbocycles. The summed E-state index contributed by atoms with van der Waals surface area (Å²) in [5.74, 6) is -0.118. The van der Waals surface area contributed by atoms with Gasteiger partial charge in [-0.15, -0.1) is 0 Å². The topological polar surface area (TPSA) is 55.1 Å². The number of hydrogen-bond acceptors (Lipinski definition) is 2. The van der Waals surface area contributed by atoms with E-state index in [1.54, 1.807) is 12.1 Å². The van der Waals surface area contributed by atoms with Gasteiger partial charge in [0.25, 0.3) is 5.91 Å². The molecule has 0 aliphatic carbocycles. The maximum Gasteiger partial charge on any atom is 0.255 e. The Morgan fingerprint density at radius 1 is 1.16 bits per heavy atom. The fourth-order valence-electron chi connectivity index (χ4n) is 1.77. The summed E-state index contributed by atoms with van der Waals surface area (Å²) >= 11 is 3.46. The molecule has 3 N–H and O–H groups in total. The predicted molar refractivity (Wildman–Crippen MR) is 81.3 cm³/mol. The van der Waals surface area contributed by atoms with Crippen LogP contribution in [0.4, 0.5) is 5.69 Å². The van der Waals surface area contributed by atoms with Gasteiger partial charge in [0.2, 0.25) is 0 Å². The summed E-state index contributed by atoms with van der Waals surface area (Å²) in [6, 6.07) is 15.0. The molecule has 0 radical (unpaired) electrons. The van der Waals surface area contributed by atoms with E-state index in [0.717, 1.165) is 22.1 Å². The van der Waals surface area contributed by atoms with Crippen LogP contribution in [-0.2, 0) is 6.42 Å². The Morgan fingerprint density at radius 3 is 2.53 bits per heavy atom. The van der Waals surface area contributed by atoms with Gasteiger partial charge < -0.3 is 11.1 Å². The lowest BCUT2D eigenvalue weighted by atomic mass is 10.1. The Morgan fingerprint density at radius 2 is 1.89 bits per heavy atom. The molecule has 98 valence electrons. The normalized spacial score (nSPS) is 10.2. The molecule has 2 aromatic rings. The molecule has 0 heterocycles. The van der Waals surface area contributed by atoms with E-state index >= 15 is 0 Å². The summed E-state index contributed by atoms with van der Waals surface area (Å²) in [6.45, 7) is 0.613. The molecule has 0 saturated heterocycles. The highest BCUT2D eigenvalue weighted by atomic mass is 79.9. The molecule has 0 aliphatic heterocycles. The molecule has 2 aromatic carbocycles. The van der Waals surface area contributed by atoms with Crippen molar-refractivity contribution < 1.29 is 4.79 Å². The van der Waals surface area contributed by atoms with Crippen LogP contribution in [0.1, 0.15) is 15.9 Å². The van der Waals surface area contributed by atoms with Gasteiger partial charge in [-0.05, 0) is 58.7 Å². The zero-order valence-electron chi connectivity index (χ0n) is 10.4. The maximum absolute atomic E-state index is 12.0. The standard InChI is InChI=1S/C15H15BrN2O/c16-13-10-11(8-9-17)6-7-14(13)18-15(19)12-4-2-1-3-5-12/h1-7,10H,8-9,17H2,(H,18,19). The van der Waals surface area contributed by atoms with Gasteiger partial charge in [0.15, 0.2) is 0 Å². The highest BCUT2D eigenvalue weighted by Gasteiger charge is 2.08. The van der Waals surface area contributed by atoms with Gasteiger partial charge in [-0.1, -0.05) is 24.3 Å². The van der Waals surface area contributed by atoms with Crippen molar-refractivity contribution >= 4 is 27.5 Å². The lowest BCUT2D eigenvalue weighted by molar-refractivity contribution is 0.102. The number of nitrogens with one attached hydrogen (secondary N) is 1. The van der Waals surface area contributed by atoms with Gasteiger partial charge in [0.1, 0.15) is 0 Å². The highest BCUT2D eigenvalue weighted by Crippen LogP contribution is 2.24. The van der Waals surface area contributed by atoms with Gasteiger partial charge in [-0.2, -0.15) is 0 Å². The van der Waals surface area contributed by atoms with E-state index in [9.17, 15) is 4.79 Å². The molecule has 19 heavy (non-hydrogen) atoms. The van der Waals surface area contributed by atoms with Crippen LogP contribution in [0.15, 0.2) is 53.0 Å². The first-order valence-electron chi connectivity index (χ1n) is 6.05. The Balaban J connectivity index is 2.13. The summed E-state index contributed by atoms with van der Waals surface area (Å²) in [4.78, 5) is 12.0. The second kappa shape index (κ2) is 6.50. The minimum Gasteiger partial charge on any atom is -0.330 e. The molecule has 4 heteroatoms. The van der Waals surface area contributed by atoms with Crippen molar-refractivity contribution in [3.05, 3.63) is 64.1 Å². The van der Waals surface area contributed by atoms with E-state index < -0.39 is 0 Å². The zero-order valence-corrected chi connectivity index (χ0v) is 12.0. The second-order valence-corrected chi connectivity index (χ2v) is 5.03. The number of carbonyl (C=O) groups is 1. The molecule has 0 aromatic heterocycles. The predicted octanol–water partition coefficient (Wildman–Crippen LogP) is 3.20. The third kappa shape index (κ3) is 3.66. The average molecular weight is 319 g/mol. The number of benzene rings is 2. The summed E-state index contributed by atoms with van der Waals surface area (Å²) in [6.07, 6.45) is 0.825. The van der Waals surface area contributed by atoms with Crippen LogP contribution >= 0.6 is 15.9 Å². The Hall–Kier alpha value is -1.65. The highest BCUT2D eigenvalue weighted by molar-refractivity contribution is 9.10. The summed E-state index contributed by atoms with van der Waals surface area (Å²) in [5.41, 5.74) is 8.06. The van der Waals surface area contributed by atoms with Crippen molar-refractivity contribution in [2.75, 3.05) is 11.9 Å². The summed E-state index contributed by atoms with van der Waals surface area (Å²) in [7, 11) is 0. The first-order chi connectivity index (χ1) is 9.20. The third-order valence-electron chi connectivity index (χ3n) is 2.75. The molecule has 2 rings (SSSR count). The molecular weight excluding hydrogens is 304 g/mol. The second-order valence-electron chi connectivity index (χ2n) is 4.17. The number of carbonyl (C=O) groups excluding carboxylic acids is 1. The zero-order chi connectivity index (χ0) is 13.7. The number of rotatable bonds is 4. The van der Waals surface area contributed by atoms with E-state index in [4.69, 9.17) is 5.73 Å². The monoisotopic (exact) mass is 318 g/mol. The summed E-state index contributed by atoms with van der Waals surface area (Å²) < 4.78 is 0.864. The fourth-order valence-corrected chi connectivity index (χ4v) is 2.29. The van der Waals surface area contributed by atoms with Crippen molar-refractivity contribution in [2.24, 2.45) is 5.73 Å². The van der Waals surface area contributed by atoms with Crippen molar-refractivity contribution in [2.45, 2.75) is 6.42 Å². The third-order valence-corrected chi connectivity index (χ3v) is 3.41. The number of hydrogen-bond donors (Lipinski definition) is 2. The maximum atomic E-state index is 12.0. The molecule has 0 fully saturated rings. The van der Waals surface area contributed by atoms with Crippen LogP contribution in [0.2, 0.25) is 0 Å². The van der Waals surface area contributed by atoms with Gasteiger partial charge in [-0.25, -0.2) is 0 Å². The SMILES string of the molecule is NCCc1ccc(NC(=O)c2ccccc2)c(Br)c1. The first kappa shape index (κ1) is 13.8. The van der Waals surface area contributed by atoms with Crippen molar-refractivity contribution in [3.8, 4) is 0 Å². The van der Waals surface area contributed by atoms with Gasteiger partial charge in [0, 0.05) is 10.0 Å². The number of anilines is 1. The van der Waals surface area contributed by atoms with E-state index in [-0.39, 0.29) is 5.91 Å². The lowest BCUT2D eigenvalue weighted by Crippen LogP contribution is -2.12. The largest absolute Gasteiger partial charge is 0.330 e. The summed E-state index contributed by atoms with van der Waals surface area (Å²) in [5, 5.41) is 2.88. The van der Waals surface area contributed by atoms with Crippen LogP contribution < -0.4 is 11.1 Å². The number of halogens is 1. The average Bonchev–Trinajstić information content (AvgIpc) is 2.43. The van der Waals surface area contributed by atoms with Crippen molar-refractivity contribution in [1.82, 2.24) is 0 Å². The molecule has 0 bridgehead atoms. The minimum absolute atomic E-state index is 0.118. The first-order valence-corrected chi connectivity index (χ1v) is 6.85. The number of amides is 1. The minimum atomic E-state index is -0.118. The van der Waals surface area contributed by atoms with Crippen LogP contribution in [-0.4, -0.2) is 12.5 Å². The van der Waals surface area contributed by atoms with Crippen LogP contribution in [0, 0.1) is 0 Å². The van der Waals surface area contributed by atoms with Crippen LogP contribution in [0.5, 0.6) is 0 Å². The van der Waals surface area contributed by atoms with E-state index in [1.807, 2.05) is 36.4 Å². The molecule has 1 amide bonds. The molecule has 0 spiro atoms. The Bertz CT molecular complexity index is 570. The lowest BCUT2D eigenvalue weighted by Gasteiger charge is -2.09. The fraction of sp³-hybridized carbons (Fsp3) is 0.133. The molecule has 0 aliphatic rings. The van der Waals surface area contributed by atoms with E-state index in [0.29, 0.717) is 12.1 Å². The van der Waals surface area contributed by atoms with Gasteiger partial charge in [0.05, 0.1) is 5.69 Å². The van der Waals surface area contributed by atoms with E-state index in [2.05, 4.69) is 21.2 Å². The Kier molecular flexibility index (Phi) is 4.71. The van der Waals surface area contributed by atoms with Crippen molar-refractivity contribution in [1.29, 1.82) is 0 Å². The molecule has 0 atom stereocenters. The van der Waals surface area contributed by atoms with Gasteiger partial charge >= 0.3 is 0 Å². The van der Waals surface area contributed by atoms with Crippen LogP contribution in [0.25, 0.3) is 0 Å². The van der Waals surface area contributed by atoms with Crippen molar-refractivity contribution in [3.63, 3.8) is 0 Å². The van der Waals surface area contributed by atoms with E-state index in [1.165, 1.54) is 0 Å². The Labute approximate surface area is 121 Å². The quantitative estimate of drug-likeness (QED) is 0.909. The van der Waals surface area contributed by atoms with Gasteiger partial charge in [-0.3, -0.25) is 4.79 Å². The molecule has 3 nitrogen and oxygen atoms in total. The molecular formula is C15H15BrN2O. The molecule has 0 unspecified atom stereocenters. The van der Waals surface area contributed by atoms with Crippen LogP contribution in [0.3, 0.4) is 0 Å². The number of nitrogens with two attached hydrogens (primary N) is 1. The smallest absolute Gasteiger partial charge is 0.255 e.